The van der Waals surface area contributed by atoms with Crippen molar-refractivity contribution in [2.75, 3.05) is 11.5 Å². The lowest BCUT2D eigenvalue weighted by molar-refractivity contribution is -0.396. The van der Waals surface area contributed by atoms with Crippen LogP contribution in [0, 0.1) is 23.2 Å². The van der Waals surface area contributed by atoms with Gasteiger partial charge in [-0.1, -0.05) is 63.7 Å². The maximum Gasteiger partial charge on any atom is 0.460 e. The van der Waals surface area contributed by atoms with E-state index in [0.717, 1.165) is 64.2 Å². The van der Waals surface area contributed by atoms with Crippen molar-refractivity contribution < 1.29 is 48.8 Å². The molecule has 0 aliphatic heterocycles. The molecule has 5 unspecified atom stereocenters. The molecule has 0 bridgehead atoms. The molecule has 47 heavy (non-hydrogen) atoms. The summed E-state index contributed by atoms with van der Waals surface area (Å²) in [5.74, 6) is -16.8. The normalized spacial score (nSPS) is 27.3. The van der Waals surface area contributed by atoms with Crippen LogP contribution in [0.4, 0.5) is 39.5 Å². The highest BCUT2D eigenvalue weighted by molar-refractivity contribution is 7.84. The molecule has 3 aliphatic carbocycles. The van der Waals surface area contributed by atoms with Crippen LogP contribution in [0.1, 0.15) is 114 Å². The summed E-state index contributed by atoms with van der Waals surface area (Å²) >= 11 is 0. The minimum Gasteiger partial charge on any atom is -0.508 e. The third kappa shape index (κ3) is 7.87. The highest BCUT2D eigenvalue weighted by Crippen LogP contribution is 2.64. The second-order valence-electron chi connectivity index (χ2n) is 14.3. The van der Waals surface area contributed by atoms with Gasteiger partial charge in [0.15, 0.2) is 0 Å². The minimum absolute atomic E-state index is 0.119. The van der Waals surface area contributed by atoms with Crippen LogP contribution in [-0.2, 0) is 17.2 Å². The number of hydrogen-bond donors (Lipinski definition) is 1. The molecule has 12 heteroatoms. The van der Waals surface area contributed by atoms with E-state index in [-0.39, 0.29) is 11.2 Å². The van der Waals surface area contributed by atoms with E-state index >= 15 is 0 Å². The van der Waals surface area contributed by atoms with Gasteiger partial charge in [0.25, 0.3) is 0 Å². The molecule has 0 amide bonds. The first kappa shape index (κ1) is 38.1. The molecule has 3 aliphatic rings. The lowest BCUT2D eigenvalue weighted by atomic mass is 9.52. The van der Waals surface area contributed by atoms with Crippen LogP contribution in [0.2, 0.25) is 0 Å². The van der Waals surface area contributed by atoms with Gasteiger partial charge in [-0.15, -0.1) is 0 Å². The molecule has 0 spiro atoms. The number of alkyl halides is 9. The van der Waals surface area contributed by atoms with Crippen LogP contribution < -0.4 is 0 Å². The highest BCUT2D eigenvalue weighted by atomic mass is 32.2. The summed E-state index contributed by atoms with van der Waals surface area (Å²) in [5, 5.41) is 10.2. The fraction of sp³-hybridized carbons (Fsp3) is 0.771. The van der Waals surface area contributed by atoms with Gasteiger partial charge in [0.1, 0.15) is 5.75 Å². The molecular formula is C35H47F9O2S. The summed E-state index contributed by atoms with van der Waals surface area (Å²) in [6.45, 7) is 6.85. The Balaban J connectivity index is 1.14. The zero-order valence-corrected chi connectivity index (χ0v) is 27.8. The van der Waals surface area contributed by atoms with Crippen molar-refractivity contribution in [3.63, 3.8) is 0 Å². The Labute approximate surface area is 274 Å². The van der Waals surface area contributed by atoms with E-state index in [1.165, 1.54) is 29.5 Å². The van der Waals surface area contributed by atoms with Crippen LogP contribution in [0.25, 0.3) is 0 Å². The average Bonchev–Trinajstić information content (AvgIpc) is 3.28. The van der Waals surface area contributed by atoms with E-state index in [1.54, 1.807) is 0 Å². The smallest absolute Gasteiger partial charge is 0.460 e. The zero-order valence-electron chi connectivity index (χ0n) is 26.9. The van der Waals surface area contributed by atoms with Crippen LogP contribution in [-0.4, -0.2) is 44.8 Å². The number of hydrogen-bond acceptors (Lipinski definition) is 2. The van der Waals surface area contributed by atoms with Gasteiger partial charge in [-0.25, -0.2) is 0 Å². The van der Waals surface area contributed by atoms with E-state index in [1.807, 2.05) is 12.1 Å². The van der Waals surface area contributed by atoms with Gasteiger partial charge in [0.2, 0.25) is 0 Å². The van der Waals surface area contributed by atoms with Crippen molar-refractivity contribution >= 4 is 10.8 Å². The number of fused-ring (bicyclic) bond motifs is 5. The Morgan fingerprint density at radius 1 is 0.872 bits per heavy atom. The molecule has 6 atom stereocenters. The van der Waals surface area contributed by atoms with E-state index in [0.29, 0.717) is 35.8 Å². The lowest BCUT2D eigenvalue weighted by Gasteiger charge is -2.52. The fourth-order valence-corrected chi connectivity index (χ4v) is 9.84. The number of aromatic hydroxyl groups is 1. The third-order valence-electron chi connectivity index (χ3n) is 11.4. The molecule has 0 saturated heterocycles. The zero-order chi connectivity index (χ0) is 34.8. The second kappa shape index (κ2) is 14.6. The van der Waals surface area contributed by atoms with Gasteiger partial charge in [-0.3, -0.25) is 4.21 Å². The van der Waals surface area contributed by atoms with Gasteiger partial charge in [-0.05, 0) is 104 Å². The molecule has 0 radical (unpaired) electrons. The predicted octanol–water partition coefficient (Wildman–Crippen LogP) is 11.1. The SMILES string of the molecule is C=C1CCC2C3C(CCCCCCCCCS(=O)CCCC(F)(F)C(F)(F)C(F)(F)C(F)(F)F)Cc4cc(O)ccc4C3CC[C@]12C. The second-order valence-corrected chi connectivity index (χ2v) is 16.0. The number of phenols is 1. The molecule has 1 aromatic carbocycles. The maximum absolute atomic E-state index is 13.7. The number of rotatable bonds is 16. The Kier molecular flexibility index (Phi) is 11.9. The first-order valence-electron chi connectivity index (χ1n) is 16.9. The van der Waals surface area contributed by atoms with Crippen LogP contribution in [0.15, 0.2) is 30.4 Å². The van der Waals surface area contributed by atoms with Crippen molar-refractivity contribution in [3.05, 3.63) is 41.5 Å². The van der Waals surface area contributed by atoms with E-state index < -0.39 is 53.3 Å². The monoisotopic (exact) mass is 702 g/mol. The Bertz CT molecular complexity index is 1260. The Hall–Kier alpha value is -1.72. The molecule has 268 valence electrons. The number of allylic oxidation sites excluding steroid dienone is 1. The Morgan fingerprint density at radius 3 is 2.15 bits per heavy atom. The molecule has 0 aromatic heterocycles. The number of phenolic OH excluding ortho intramolecular Hbond substituents is 1. The van der Waals surface area contributed by atoms with Gasteiger partial charge in [-0.2, -0.15) is 39.5 Å². The summed E-state index contributed by atoms with van der Waals surface area (Å²) in [7, 11) is -1.67. The van der Waals surface area contributed by atoms with Crippen LogP contribution in [0.3, 0.4) is 0 Å². The van der Waals surface area contributed by atoms with Crippen molar-refractivity contribution in [1.29, 1.82) is 0 Å². The van der Waals surface area contributed by atoms with Crippen LogP contribution >= 0.6 is 0 Å². The van der Waals surface area contributed by atoms with Gasteiger partial charge >= 0.3 is 23.9 Å². The molecule has 0 heterocycles. The highest BCUT2D eigenvalue weighted by Gasteiger charge is 2.81. The lowest BCUT2D eigenvalue weighted by Crippen LogP contribution is -2.60. The largest absolute Gasteiger partial charge is 0.508 e. The predicted molar refractivity (Wildman–Crippen MR) is 166 cm³/mol. The van der Waals surface area contributed by atoms with Crippen molar-refractivity contribution in [1.82, 2.24) is 0 Å². The topological polar surface area (TPSA) is 37.3 Å². The van der Waals surface area contributed by atoms with Crippen molar-refractivity contribution in [2.45, 2.75) is 133 Å². The molecule has 1 N–H and O–H groups in total. The summed E-state index contributed by atoms with van der Waals surface area (Å²) in [4.78, 5) is 0. The van der Waals surface area contributed by atoms with E-state index in [2.05, 4.69) is 19.6 Å². The summed E-state index contributed by atoms with van der Waals surface area (Å²) in [5.41, 5.74) is 4.31. The molecule has 2 nitrogen and oxygen atoms in total. The van der Waals surface area contributed by atoms with E-state index in [9.17, 15) is 48.8 Å². The summed E-state index contributed by atoms with van der Waals surface area (Å²) in [6.07, 6.45) is 3.42. The Morgan fingerprint density at radius 2 is 1.49 bits per heavy atom. The molecule has 2 fully saturated rings. The number of halogens is 9. The molecular weight excluding hydrogens is 655 g/mol. The van der Waals surface area contributed by atoms with Gasteiger partial charge < -0.3 is 5.11 Å². The van der Waals surface area contributed by atoms with Gasteiger partial charge in [0.05, 0.1) is 0 Å². The maximum atomic E-state index is 13.7. The number of benzene rings is 1. The van der Waals surface area contributed by atoms with Crippen molar-refractivity contribution in [3.8, 4) is 5.75 Å². The molecule has 1 aromatic rings. The van der Waals surface area contributed by atoms with E-state index in [4.69, 9.17) is 0 Å². The van der Waals surface area contributed by atoms with Crippen molar-refractivity contribution in [2.24, 2.45) is 23.2 Å². The van der Waals surface area contributed by atoms with Crippen LogP contribution in [0.5, 0.6) is 5.75 Å². The quantitative estimate of drug-likeness (QED) is 0.106. The first-order chi connectivity index (χ1) is 21.8. The summed E-state index contributed by atoms with van der Waals surface area (Å²) in [6, 6.07) is 5.89. The third-order valence-corrected chi connectivity index (χ3v) is 12.8. The fourth-order valence-electron chi connectivity index (χ4n) is 8.64. The standard InChI is InChI=1S/C35H47F9O2S/c1-23-12-15-29-30-24(21-25-22-26(45)13-14-27(25)28(30)16-18-31(23,29)2)11-8-6-4-3-5-7-9-19-47(46)20-10-17-32(36,37)33(38,39)34(40,41)35(42,43)44/h13-14,22,24,28-30,45H,1,3-12,15-21H2,2H3/t24?,28?,29?,30?,31-,47?/m1/s1. The number of unbranched alkanes of at least 4 members (excludes halogenated alkanes) is 6. The minimum atomic E-state index is -6.89. The molecule has 4 rings (SSSR count). The van der Waals surface area contributed by atoms with Gasteiger partial charge in [0, 0.05) is 28.7 Å². The first-order valence-corrected chi connectivity index (χ1v) is 18.4. The average molecular weight is 703 g/mol. The summed E-state index contributed by atoms with van der Waals surface area (Å²) < 4.78 is 129. The molecule has 2 saturated carbocycles.